The molecule has 6 heteroatoms. The molecule has 0 aliphatic heterocycles. The fourth-order valence-corrected chi connectivity index (χ4v) is 2.70. The molecule has 94 valence electrons. The fourth-order valence-electron chi connectivity index (χ4n) is 2.44. The molecule has 1 N–H and O–H groups in total. The molecule has 1 aliphatic carbocycles. The average Bonchev–Trinajstić information content (AvgIpc) is 2.27. The van der Waals surface area contributed by atoms with Crippen LogP contribution in [-0.2, 0) is 0 Å². The topological polar surface area (TPSA) is 50.7 Å². The summed E-state index contributed by atoms with van der Waals surface area (Å²) in [5.74, 6) is 1.94. The van der Waals surface area contributed by atoms with E-state index in [9.17, 15) is 0 Å². The second kappa shape index (κ2) is 5.36. The molecule has 1 heterocycles. The number of aromatic nitrogens is 3. The largest absolute Gasteiger partial charge is 0.364 e. The van der Waals surface area contributed by atoms with Crippen LogP contribution in [0, 0.1) is 11.8 Å². The summed E-state index contributed by atoms with van der Waals surface area (Å²) in [6.07, 6.45) is 3.58. The smallest absolute Gasteiger partial charge is 0.245 e. The van der Waals surface area contributed by atoms with Gasteiger partial charge >= 0.3 is 0 Å². The zero-order chi connectivity index (χ0) is 12.4. The van der Waals surface area contributed by atoms with E-state index in [1.807, 2.05) is 0 Å². The highest BCUT2D eigenvalue weighted by molar-refractivity contribution is 6.32. The molecule has 1 saturated carbocycles. The molecule has 1 aromatic rings. The Morgan fingerprint density at radius 3 is 2.65 bits per heavy atom. The minimum Gasteiger partial charge on any atom is -0.364 e. The van der Waals surface area contributed by atoms with Gasteiger partial charge in [0, 0.05) is 6.04 Å². The Kier molecular flexibility index (Phi) is 4.05. The zero-order valence-corrected chi connectivity index (χ0v) is 11.5. The number of nitrogens with zero attached hydrogens (tertiary/aromatic N) is 3. The van der Waals surface area contributed by atoms with Crippen molar-refractivity contribution in [2.75, 3.05) is 5.32 Å². The van der Waals surface area contributed by atoms with E-state index in [1.165, 1.54) is 12.8 Å². The van der Waals surface area contributed by atoms with Gasteiger partial charge < -0.3 is 5.32 Å². The van der Waals surface area contributed by atoms with Crippen LogP contribution in [0.15, 0.2) is 0 Å². The lowest BCUT2D eigenvalue weighted by atomic mass is 9.80. The normalized spacial score (nSPS) is 29.1. The Balaban J connectivity index is 2.07. The quantitative estimate of drug-likeness (QED) is 0.898. The molecule has 0 spiro atoms. The number of halogens is 2. The van der Waals surface area contributed by atoms with E-state index in [0.717, 1.165) is 12.3 Å². The Morgan fingerprint density at radius 2 is 1.94 bits per heavy atom. The molecular formula is C11H16Cl2N4. The number of hydrogen-bond acceptors (Lipinski definition) is 4. The Hall–Kier alpha value is -0.610. The average molecular weight is 275 g/mol. The minimum atomic E-state index is 0.119. The first-order chi connectivity index (χ1) is 8.06. The molecule has 0 amide bonds. The van der Waals surface area contributed by atoms with Crippen LogP contribution in [0.2, 0.25) is 10.4 Å². The maximum absolute atomic E-state index is 5.93. The highest BCUT2D eigenvalue weighted by atomic mass is 35.5. The predicted molar refractivity (Wildman–Crippen MR) is 69.4 cm³/mol. The second-order valence-electron chi connectivity index (χ2n) is 4.87. The van der Waals surface area contributed by atoms with Gasteiger partial charge in [0.15, 0.2) is 11.0 Å². The molecule has 1 fully saturated rings. The van der Waals surface area contributed by atoms with Gasteiger partial charge in [0.25, 0.3) is 0 Å². The summed E-state index contributed by atoms with van der Waals surface area (Å²) in [6, 6.07) is 0.386. The SMILES string of the molecule is CC1CCC(Nc2nc(Cl)nnc2Cl)C(C)C1. The first-order valence-corrected chi connectivity index (χ1v) is 6.64. The van der Waals surface area contributed by atoms with E-state index < -0.39 is 0 Å². The number of rotatable bonds is 2. The first-order valence-electron chi connectivity index (χ1n) is 5.88. The molecule has 2 rings (SSSR count). The zero-order valence-electron chi connectivity index (χ0n) is 9.95. The summed E-state index contributed by atoms with van der Waals surface area (Å²) < 4.78 is 0. The van der Waals surface area contributed by atoms with Crippen LogP contribution in [0.25, 0.3) is 0 Å². The van der Waals surface area contributed by atoms with Gasteiger partial charge in [-0.1, -0.05) is 25.4 Å². The van der Waals surface area contributed by atoms with Crippen LogP contribution < -0.4 is 5.32 Å². The van der Waals surface area contributed by atoms with Crippen molar-refractivity contribution in [1.29, 1.82) is 0 Å². The van der Waals surface area contributed by atoms with Gasteiger partial charge in [0.2, 0.25) is 5.28 Å². The van der Waals surface area contributed by atoms with Crippen molar-refractivity contribution in [3.63, 3.8) is 0 Å². The Bertz CT molecular complexity index is 399. The van der Waals surface area contributed by atoms with E-state index in [4.69, 9.17) is 23.2 Å². The molecule has 3 atom stereocenters. The van der Waals surface area contributed by atoms with Crippen molar-refractivity contribution in [3.8, 4) is 0 Å². The van der Waals surface area contributed by atoms with Crippen LogP contribution >= 0.6 is 23.2 Å². The fraction of sp³-hybridized carbons (Fsp3) is 0.727. The van der Waals surface area contributed by atoms with Gasteiger partial charge in [-0.2, -0.15) is 4.98 Å². The van der Waals surface area contributed by atoms with E-state index in [-0.39, 0.29) is 10.4 Å². The molecule has 0 radical (unpaired) electrons. The van der Waals surface area contributed by atoms with Crippen molar-refractivity contribution >= 4 is 29.0 Å². The van der Waals surface area contributed by atoms with Crippen molar-refractivity contribution in [3.05, 3.63) is 10.4 Å². The summed E-state index contributed by atoms with van der Waals surface area (Å²) in [5, 5.41) is 11.1. The predicted octanol–water partition coefficient (Wildman–Crippen LogP) is 3.42. The van der Waals surface area contributed by atoms with Crippen molar-refractivity contribution in [1.82, 2.24) is 15.2 Å². The van der Waals surface area contributed by atoms with Crippen LogP contribution in [-0.4, -0.2) is 21.2 Å². The molecule has 0 bridgehead atoms. The lowest BCUT2D eigenvalue weighted by Crippen LogP contribution is -2.33. The maximum Gasteiger partial charge on any atom is 0.245 e. The summed E-state index contributed by atoms with van der Waals surface area (Å²) >= 11 is 11.6. The van der Waals surface area contributed by atoms with Crippen molar-refractivity contribution in [2.45, 2.75) is 39.2 Å². The standard InChI is InChI=1S/C11H16Cl2N4/c1-6-3-4-8(7(2)5-6)14-10-9(12)16-17-11(13)15-10/h6-8H,3-5H2,1-2H3,(H,14,15,17). The van der Waals surface area contributed by atoms with E-state index in [1.54, 1.807) is 0 Å². The first kappa shape index (κ1) is 12.8. The molecule has 1 aliphatic rings. The third-order valence-corrected chi connectivity index (χ3v) is 3.79. The van der Waals surface area contributed by atoms with Crippen LogP contribution in [0.3, 0.4) is 0 Å². The third kappa shape index (κ3) is 3.19. The van der Waals surface area contributed by atoms with E-state index >= 15 is 0 Å². The highest BCUT2D eigenvalue weighted by Crippen LogP contribution is 2.31. The van der Waals surface area contributed by atoms with Crippen LogP contribution in [0.4, 0.5) is 5.82 Å². The second-order valence-corrected chi connectivity index (χ2v) is 5.56. The minimum absolute atomic E-state index is 0.119. The number of anilines is 1. The monoisotopic (exact) mass is 274 g/mol. The van der Waals surface area contributed by atoms with Crippen molar-refractivity contribution < 1.29 is 0 Å². The maximum atomic E-state index is 5.93. The lowest BCUT2D eigenvalue weighted by molar-refractivity contribution is 0.276. The molecule has 0 aromatic carbocycles. The van der Waals surface area contributed by atoms with Crippen LogP contribution in [0.5, 0.6) is 0 Å². The lowest BCUT2D eigenvalue weighted by Gasteiger charge is -2.33. The Labute approximate surface area is 111 Å². The van der Waals surface area contributed by atoms with Gasteiger partial charge in [-0.25, -0.2) is 0 Å². The molecule has 4 nitrogen and oxygen atoms in total. The number of hydrogen-bond donors (Lipinski definition) is 1. The summed E-state index contributed by atoms with van der Waals surface area (Å²) in [6.45, 7) is 4.54. The molecular weight excluding hydrogens is 259 g/mol. The molecule has 3 unspecified atom stereocenters. The molecule has 17 heavy (non-hydrogen) atoms. The summed E-state index contributed by atoms with van der Waals surface area (Å²) in [7, 11) is 0. The summed E-state index contributed by atoms with van der Waals surface area (Å²) in [4.78, 5) is 4.07. The van der Waals surface area contributed by atoms with E-state index in [2.05, 4.69) is 34.3 Å². The van der Waals surface area contributed by atoms with Crippen LogP contribution in [0.1, 0.15) is 33.1 Å². The third-order valence-electron chi connectivity index (χ3n) is 3.37. The van der Waals surface area contributed by atoms with E-state index in [0.29, 0.717) is 17.8 Å². The van der Waals surface area contributed by atoms with Gasteiger partial charge in [-0.3, -0.25) is 0 Å². The number of nitrogens with one attached hydrogen (secondary N) is 1. The summed E-state index contributed by atoms with van der Waals surface area (Å²) in [5.41, 5.74) is 0. The highest BCUT2D eigenvalue weighted by Gasteiger charge is 2.26. The van der Waals surface area contributed by atoms with Gasteiger partial charge in [0.1, 0.15) is 0 Å². The molecule has 1 aromatic heterocycles. The molecule has 0 saturated heterocycles. The van der Waals surface area contributed by atoms with Gasteiger partial charge in [-0.05, 0) is 42.7 Å². The van der Waals surface area contributed by atoms with Gasteiger partial charge in [0.05, 0.1) is 0 Å². The van der Waals surface area contributed by atoms with Crippen molar-refractivity contribution in [2.24, 2.45) is 11.8 Å². The van der Waals surface area contributed by atoms with Gasteiger partial charge in [-0.15, -0.1) is 10.2 Å². The Morgan fingerprint density at radius 1 is 1.18 bits per heavy atom.